The number of ether oxygens (including phenoxy) is 1. The second kappa shape index (κ2) is 20.7. The van der Waals surface area contributed by atoms with Crippen molar-refractivity contribution in [1.29, 1.82) is 0 Å². The molecule has 154 valence electrons. The Hall–Kier alpha value is -1.57. The monoisotopic (exact) mass is 374 g/mol. The van der Waals surface area contributed by atoms with Crippen LogP contribution in [0.1, 0.15) is 97.8 Å². The van der Waals surface area contributed by atoms with Crippen molar-refractivity contribution in [3.8, 4) is 0 Å². The van der Waals surface area contributed by atoms with E-state index in [1.165, 1.54) is 38.5 Å². The normalized spacial score (nSPS) is 12.4. The Morgan fingerprint density at radius 3 is 1.70 bits per heavy atom. The largest absolute Gasteiger partial charge is 0.463 e. The molecule has 2 heteroatoms. The highest BCUT2D eigenvalue weighted by Crippen LogP contribution is 2.06. The van der Waals surface area contributed by atoms with Gasteiger partial charge in [-0.3, -0.25) is 4.79 Å². The quantitative estimate of drug-likeness (QED) is 0.147. The Morgan fingerprint density at radius 2 is 1.19 bits per heavy atom. The minimum absolute atomic E-state index is 0.0106. The van der Waals surface area contributed by atoms with E-state index >= 15 is 0 Å². The zero-order chi connectivity index (χ0) is 20.0. The molecule has 0 N–H and O–H groups in total. The number of carbonyl (C=O) groups excluding carboxylic acids is 1. The molecule has 0 aliphatic carbocycles. The second-order valence-corrected chi connectivity index (χ2v) is 7.23. The standard InChI is InChI=1S/C25H42O2/c1-4-5-6-7-8-9-10-11-12-13-14-15-16-17-18-19-20-21-22-23-25(26)27-24(2)3/h10-11,13-14,16-17,19-20,24H,4-9,12,15,18,21-23H2,1-3H3. The van der Waals surface area contributed by atoms with Crippen molar-refractivity contribution >= 4 is 5.97 Å². The van der Waals surface area contributed by atoms with Crippen LogP contribution in [0.5, 0.6) is 0 Å². The Morgan fingerprint density at radius 1 is 0.704 bits per heavy atom. The van der Waals surface area contributed by atoms with E-state index in [1.54, 1.807) is 0 Å². The van der Waals surface area contributed by atoms with Crippen LogP contribution in [0.4, 0.5) is 0 Å². The molecule has 0 heterocycles. The first-order valence-corrected chi connectivity index (χ1v) is 11.0. The molecule has 2 nitrogen and oxygen atoms in total. The lowest BCUT2D eigenvalue weighted by molar-refractivity contribution is -0.147. The first-order valence-electron chi connectivity index (χ1n) is 11.0. The Kier molecular flexibility index (Phi) is 19.5. The summed E-state index contributed by atoms with van der Waals surface area (Å²) in [5.41, 5.74) is 0. The van der Waals surface area contributed by atoms with Crippen molar-refractivity contribution in [3.05, 3.63) is 48.6 Å². The third kappa shape index (κ3) is 22.4. The molecule has 0 bridgehead atoms. The molecule has 0 saturated carbocycles. The van der Waals surface area contributed by atoms with E-state index in [0.717, 1.165) is 32.1 Å². The first kappa shape index (κ1) is 25.4. The van der Waals surface area contributed by atoms with Crippen LogP contribution < -0.4 is 0 Å². The number of unbranched alkanes of at least 4 members (excludes halogenated alkanes) is 6. The number of esters is 1. The van der Waals surface area contributed by atoms with Gasteiger partial charge in [0.05, 0.1) is 6.10 Å². The maximum absolute atomic E-state index is 11.4. The maximum Gasteiger partial charge on any atom is 0.306 e. The molecular weight excluding hydrogens is 332 g/mol. The predicted molar refractivity (Wildman–Crippen MR) is 119 cm³/mol. The van der Waals surface area contributed by atoms with Crippen LogP contribution in [-0.2, 0) is 9.53 Å². The summed E-state index contributed by atoms with van der Waals surface area (Å²) in [4.78, 5) is 11.4. The van der Waals surface area contributed by atoms with Crippen LogP contribution in [0.2, 0.25) is 0 Å². The Bertz CT molecular complexity index is 441. The van der Waals surface area contributed by atoms with Gasteiger partial charge in [0.25, 0.3) is 0 Å². The van der Waals surface area contributed by atoms with E-state index in [9.17, 15) is 4.79 Å². The van der Waals surface area contributed by atoms with Crippen molar-refractivity contribution in [3.63, 3.8) is 0 Å². The molecule has 0 atom stereocenters. The molecule has 0 saturated heterocycles. The molecule has 0 spiro atoms. The van der Waals surface area contributed by atoms with Crippen LogP contribution in [0.25, 0.3) is 0 Å². The fraction of sp³-hybridized carbons (Fsp3) is 0.640. The number of rotatable bonds is 17. The Labute approximate surface area is 168 Å². The summed E-state index contributed by atoms with van der Waals surface area (Å²) >= 11 is 0. The van der Waals surface area contributed by atoms with Gasteiger partial charge in [0.2, 0.25) is 0 Å². The minimum Gasteiger partial charge on any atom is -0.463 e. The molecule has 0 aromatic heterocycles. The van der Waals surface area contributed by atoms with Gasteiger partial charge in [-0.2, -0.15) is 0 Å². The lowest BCUT2D eigenvalue weighted by Crippen LogP contribution is -2.10. The van der Waals surface area contributed by atoms with Gasteiger partial charge in [0, 0.05) is 6.42 Å². The lowest BCUT2D eigenvalue weighted by Gasteiger charge is -2.06. The average Bonchev–Trinajstić information content (AvgIpc) is 2.63. The van der Waals surface area contributed by atoms with E-state index in [0.29, 0.717) is 6.42 Å². The summed E-state index contributed by atoms with van der Waals surface area (Å²) in [7, 11) is 0. The molecule has 0 aromatic carbocycles. The SMILES string of the molecule is CCCCCCCC=CCC=CCC=CCC=CCCCC(=O)OC(C)C. The third-order valence-corrected chi connectivity index (χ3v) is 4.08. The topological polar surface area (TPSA) is 26.3 Å². The van der Waals surface area contributed by atoms with Gasteiger partial charge in [-0.15, -0.1) is 0 Å². The highest BCUT2D eigenvalue weighted by atomic mass is 16.5. The molecule has 27 heavy (non-hydrogen) atoms. The molecule has 0 unspecified atom stereocenters. The summed E-state index contributed by atoms with van der Waals surface area (Å²) in [5.74, 6) is -0.0908. The fourth-order valence-electron chi connectivity index (χ4n) is 2.60. The number of carbonyl (C=O) groups is 1. The highest BCUT2D eigenvalue weighted by Gasteiger charge is 2.03. The number of hydrogen-bond acceptors (Lipinski definition) is 2. The number of allylic oxidation sites excluding steroid dienone is 8. The van der Waals surface area contributed by atoms with E-state index in [1.807, 2.05) is 13.8 Å². The van der Waals surface area contributed by atoms with E-state index in [4.69, 9.17) is 4.74 Å². The van der Waals surface area contributed by atoms with Gasteiger partial charge in [0.15, 0.2) is 0 Å². The zero-order valence-corrected chi connectivity index (χ0v) is 18.0. The first-order chi connectivity index (χ1) is 13.2. The second-order valence-electron chi connectivity index (χ2n) is 7.23. The van der Waals surface area contributed by atoms with Crippen molar-refractivity contribution < 1.29 is 9.53 Å². The van der Waals surface area contributed by atoms with Crippen LogP contribution >= 0.6 is 0 Å². The van der Waals surface area contributed by atoms with Gasteiger partial charge in [0.1, 0.15) is 0 Å². The molecule has 0 aromatic rings. The molecular formula is C25H42O2. The van der Waals surface area contributed by atoms with Gasteiger partial charge in [-0.05, 0) is 58.8 Å². The summed E-state index contributed by atoms with van der Waals surface area (Å²) in [6.45, 7) is 6.02. The van der Waals surface area contributed by atoms with Crippen molar-refractivity contribution in [2.24, 2.45) is 0 Å². The maximum atomic E-state index is 11.4. The summed E-state index contributed by atoms with van der Waals surface area (Å²) in [6.07, 6.45) is 31.1. The van der Waals surface area contributed by atoms with E-state index in [2.05, 4.69) is 55.5 Å². The third-order valence-electron chi connectivity index (χ3n) is 4.08. The summed E-state index contributed by atoms with van der Waals surface area (Å²) in [6, 6.07) is 0. The lowest BCUT2D eigenvalue weighted by atomic mass is 10.1. The summed E-state index contributed by atoms with van der Waals surface area (Å²) < 4.78 is 5.10. The van der Waals surface area contributed by atoms with Gasteiger partial charge < -0.3 is 4.74 Å². The minimum atomic E-state index is -0.0908. The average molecular weight is 375 g/mol. The van der Waals surface area contributed by atoms with E-state index < -0.39 is 0 Å². The summed E-state index contributed by atoms with van der Waals surface area (Å²) in [5, 5.41) is 0. The van der Waals surface area contributed by atoms with Crippen LogP contribution in [0, 0.1) is 0 Å². The molecule has 0 rings (SSSR count). The fourth-order valence-corrected chi connectivity index (χ4v) is 2.60. The number of hydrogen-bond donors (Lipinski definition) is 0. The van der Waals surface area contributed by atoms with Crippen LogP contribution in [-0.4, -0.2) is 12.1 Å². The van der Waals surface area contributed by atoms with Crippen LogP contribution in [0.3, 0.4) is 0 Å². The highest BCUT2D eigenvalue weighted by molar-refractivity contribution is 5.69. The van der Waals surface area contributed by atoms with Crippen LogP contribution in [0.15, 0.2) is 48.6 Å². The molecule has 0 fully saturated rings. The van der Waals surface area contributed by atoms with Crippen molar-refractivity contribution in [2.45, 2.75) is 104 Å². The predicted octanol–water partition coefficient (Wildman–Crippen LogP) is 7.86. The van der Waals surface area contributed by atoms with E-state index in [-0.39, 0.29) is 12.1 Å². The van der Waals surface area contributed by atoms with Gasteiger partial charge >= 0.3 is 5.97 Å². The van der Waals surface area contributed by atoms with Crippen molar-refractivity contribution in [2.75, 3.05) is 0 Å². The van der Waals surface area contributed by atoms with Crippen molar-refractivity contribution in [1.82, 2.24) is 0 Å². The van der Waals surface area contributed by atoms with Gasteiger partial charge in [-0.1, -0.05) is 81.2 Å². The molecule has 0 aliphatic rings. The molecule has 0 aliphatic heterocycles. The molecule has 0 amide bonds. The Balaban J connectivity index is 3.45. The van der Waals surface area contributed by atoms with Gasteiger partial charge in [-0.25, -0.2) is 0 Å². The zero-order valence-electron chi connectivity index (χ0n) is 18.0. The smallest absolute Gasteiger partial charge is 0.306 e. The molecule has 0 radical (unpaired) electrons.